The Balaban J connectivity index is 2.00. The molecular weight excluding hydrogens is 342 g/mol. The summed E-state index contributed by atoms with van der Waals surface area (Å²) < 4.78 is 1.96. The van der Waals surface area contributed by atoms with Crippen molar-refractivity contribution in [2.24, 2.45) is 0 Å². The van der Waals surface area contributed by atoms with Gasteiger partial charge in [0.05, 0.1) is 12.2 Å². The van der Waals surface area contributed by atoms with Crippen molar-refractivity contribution in [1.82, 2.24) is 15.1 Å². The van der Waals surface area contributed by atoms with Crippen molar-refractivity contribution in [3.63, 3.8) is 0 Å². The van der Waals surface area contributed by atoms with E-state index in [1.807, 2.05) is 25.5 Å². The Morgan fingerprint density at radius 1 is 1.19 bits per heavy atom. The average Bonchev–Trinajstić information content (AvgIpc) is 2.88. The molecule has 1 amide bonds. The van der Waals surface area contributed by atoms with Crippen molar-refractivity contribution in [1.29, 1.82) is 0 Å². The maximum absolute atomic E-state index is 12.2. The number of amides is 1. The van der Waals surface area contributed by atoms with Crippen LogP contribution in [0.3, 0.4) is 0 Å². The van der Waals surface area contributed by atoms with Crippen LogP contribution in [0.2, 0.25) is 0 Å². The molecule has 27 heavy (non-hydrogen) atoms. The van der Waals surface area contributed by atoms with Crippen molar-refractivity contribution < 1.29 is 14.7 Å². The fraction of sp³-hybridized carbons (Fsp3) is 0.476. The van der Waals surface area contributed by atoms with Crippen molar-refractivity contribution >= 4 is 11.9 Å². The number of aliphatic carboxylic acids is 1. The van der Waals surface area contributed by atoms with Crippen LogP contribution in [-0.4, -0.2) is 32.8 Å². The number of aromatic nitrogens is 2. The van der Waals surface area contributed by atoms with Crippen molar-refractivity contribution in [3.8, 4) is 0 Å². The Morgan fingerprint density at radius 3 is 2.44 bits per heavy atom. The Bertz CT molecular complexity index is 794. The van der Waals surface area contributed by atoms with E-state index < -0.39 is 12.0 Å². The molecule has 146 valence electrons. The molecule has 0 spiro atoms. The lowest BCUT2D eigenvalue weighted by atomic mass is 10.1. The molecule has 0 aliphatic carbocycles. The molecule has 2 N–H and O–H groups in total. The van der Waals surface area contributed by atoms with Crippen LogP contribution in [0.15, 0.2) is 24.3 Å². The summed E-state index contributed by atoms with van der Waals surface area (Å²) >= 11 is 0. The quantitative estimate of drug-likeness (QED) is 0.709. The van der Waals surface area contributed by atoms with E-state index in [4.69, 9.17) is 5.11 Å². The molecule has 0 fully saturated rings. The molecule has 0 radical (unpaired) electrons. The summed E-state index contributed by atoms with van der Waals surface area (Å²) in [7, 11) is 0. The zero-order chi connectivity index (χ0) is 20.0. The molecule has 1 unspecified atom stereocenters. The van der Waals surface area contributed by atoms with E-state index >= 15 is 0 Å². The van der Waals surface area contributed by atoms with Crippen molar-refractivity contribution in [2.45, 2.75) is 66.0 Å². The number of carboxylic acids is 1. The molecule has 0 bridgehead atoms. The van der Waals surface area contributed by atoms with Gasteiger partial charge in [-0.3, -0.25) is 9.48 Å². The summed E-state index contributed by atoms with van der Waals surface area (Å²) in [5.74, 6) is -1.22. The van der Waals surface area contributed by atoms with Crippen LogP contribution >= 0.6 is 0 Å². The molecule has 0 aliphatic heterocycles. The van der Waals surface area contributed by atoms with Gasteiger partial charge in [-0.15, -0.1) is 0 Å². The minimum atomic E-state index is -0.983. The topological polar surface area (TPSA) is 84.2 Å². The smallest absolute Gasteiger partial charge is 0.326 e. The van der Waals surface area contributed by atoms with Gasteiger partial charge in [0, 0.05) is 12.1 Å². The Labute approximate surface area is 160 Å². The monoisotopic (exact) mass is 371 g/mol. The number of carbonyl (C=O) groups excluding carboxylic acids is 1. The number of nitrogens with one attached hydrogen (secondary N) is 1. The lowest BCUT2D eigenvalue weighted by molar-refractivity contribution is -0.142. The van der Waals surface area contributed by atoms with Gasteiger partial charge in [0.25, 0.3) is 0 Å². The molecule has 0 aliphatic rings. The minimum Gasteiger partial charge on any atom is -0.480 e. The molecule has 1 atom stereocenters. The Kier molecular flexibility index (Phi) is 7.16. The second-order valence-electron chi connectivity index (χ2n) is 7.04. The maximum Gasteiger partial charge on any atom is 0.326 e. The third kappa shape index (κ3) is 5.67. The molecule has 1 heterocycles. The van der Waals surface area contributed by atoms with E-state index in [0.29, 0.717) is 25.8 Å². The Morgan fingerprint density at radius 2 is 1.85 bits per heavy atom. The third-order valence-corrected chi connectivity index (χ3v) is 4.80. The van der Waals surface area contributed by atoms with Crippen LogP contribution in [0.1, 0.15) is 54.3 Å². The molecule has 6 heteroatoms. The number of rotatable bonds is 9. The first kappa shape index (κ1) is 20.7. The first-order valence-electron chi connectivity index (χ1n) is 9.42. The van der Waals surface area contributed by atoms with Gasteiger partial charge in [-0.05, 0) is 44.7 Å². The first-order valence-corrected chi connectivity index (χ1v) is 9.42. The highest BCUT2D eigenvalue weighted by molar-refractivity contribution is 5.83. The number of carbonyl (C=O) groups is 2. The Hall–Kier alpha value is -2.63. The number of aryl methyl sites for hydroxylation is 2. The number of nitrogens with zero attached hydrogens (tertiary/aromatic N) is 2. The lowest BCUT2D eigenvalue weighted by Crippen LogP contribution is -2.40. The highest BCUT2D eigenvalue weighted by Crippen LogP contribution is 2.17. The maximum atomic E-state index is 12.2. The van der Waals surface area contributed by atoms with E-state index in [1.165, 1.54) is 11.1 Å². The van der Waals surface area contributed by atoms with Crippen LogP contribution < -0.4 is 5.32 Å². The number of hydrogen-bond acceptors (Lipinski definition) is 3. The van der Waals surface area contributed by atoms with Gasteiger partial charge >= 0.3 is 5.97 Å². The van der Waals surface area contributed by atoms with E-state index in [9.17, 15) is 9.59 Å². The summed E-state index contributed by atoms with van der Waals surface area (Å²) in [6.45, 7) is 8.61. The molecular formula is C21H29N3O3. The highest BCUT2D eigenvalue weighted by Gasteiger charge is 2.19. The third-order valence-electron chi connectivity index (χ3n) is 4.80. The predicted octanol–water partition coefficient (Wildman–Crippen LogP) is 3.16. The van der Waals surface area contributed by atoms with E-state index in [2.05, 4.69) is 41.6 Å². The number of hydrogen-bond donors (Lipinski definition) is 2. The molecule has 1 aromatic heterocycles. The molecule has 1 aromatic carbocycles. The largest absolute Gasteiger partial charge is 0.480 e. The first-order chi connectivity index (χ1) is 12.8. The van der Waals surface area contributed by atoms with E-state index in [-0.39, 0.29) is 12.3 Å². The molecule has 0 saturated carbocycles. The zero-order valence-electron chi connectivity index (χ0n) is 16.6. The van der Waals surface area contributed by atoms with Crippen LogP contribution in [0, 0.1) is 20.8 Å². The van der Waals surface area contributed by atoms with Crippen LogP contribution in [-0.2, 0) is 22.6 Å². The lowest BCUT2D eigenvalue weighted by Gasteiger charge is -2.13. The van der Waals surface area contributed by atoms with Gasteiger partial charge in [-0.1, -0.05) is 43.2 Å². The zero-order valence-corrected chi connectivity index (χ0v) is 16.6. The van der Waals surface area contributed by atoms with Crippen LogP contribution in [0.4, 0.5) is 0 Å². The summed E-state index contributed by atoms with van der Waals surface area (Å²) in [6, 6.07) is 7.55. The van der Waals surface area contributed by atoms with Gasteiger partial charge in [-0.2, -0.15) is 5.10 Å². The SMILES string of the molecule is CCCC(NC(=O)CCc1c(C)nn(Cc2ccc(C)cc2)c1C)C(=O)O. The highest BCUT2D eigenvalue weighted by atomic mass is 16.4. The van der Waals surface area contributed by atoms with Gasteiger partial charge < -0.3 is 10.4 Å². The van der Waals surface area contributed by atoms with Crippen LogP contribution in [0.25, 0.3) is 0 Å². The average molecular weight is 371 g/mol. The summed E-state index contributed by atoms with van der Waals surface area (Å²) in [5.41, 5.74) is 5.42. The van der Waals surface area contributed by atoms with Gasteiger partial charge in [0.2, 0.25) is 5.91 Å². The van der Waals surface area contributed by atoms with Gasteiger partial charge in [-0.25, -0.2) is 4.79 Å². The summed E-state index contributed by atoms with van der Waals surface area (Å²) in [6.07, 6.45) is 1.95. The van der Waals surface area contributed by atoms with Crippen LogP contribution in [0.5, 0.6) is 0 Å². The number of benzene rings is 1. The predicted molar refractivity (Wildman–Crippen MR) is 105 cm³/mol. The van der Waals surface area contributed by atoms with Gasteiger partial charge in [0.15, 0.2) is 0 Å². The summed E-state index contributed by atoms with van der Waals surface area (Å²) in [4.78, 5) is 23.3. The van der Waals surface area contributed by atoms with Gasteiger partial charge in [0.1, 0.15) is 6.04 Å². The summed E-state index contributed by atoms with van der Waals surface area (Å²) in [5, 5.41) is 16.4. The van der Waals surface area contributed by atoms with E-state index in [1.54, 1.807) is 0 Å². The molecule has 2 rings (SSSR count). The normalized spacial score (nSPS) is 12.0. The fourth-order valence-electron chi connectivity index (χ4n) is 3.17. The molecule has 2 aromatic rings. The fourth-order valence-corrected chi connectivity index (χ4v) is 3.17. The number of carboxylic acid groups (broad SMARTS) is 1. The molecule has 6 nitrogen and oxygen atoms in total. The second-order valence-corrected chi connectivity index (χ2v) is 7.04. The molecule has 0 saturated heterocycles. The minimum absolute atomic E-state index is 0.235. The van der Waals surface area contributed by atoms with Crippen molar-refractivity contribution in [3.05, 3.63) is 52.3 Å². The van der Waals surface area contributed by atoms with Crippen molar-refractivity contribution in [2.75, 3.05) is 0 Å². The second kappa shape index (κ2) is 9.35. The van der Waals surface area contributed by atoms with E-state index in [0.717, 1.165) is 17.0 Å². The standard InChI is InChI=1S/C21H29N3O3/c1-5-6-19(21(26)27)22-20(25)12-11-18-15(3)23-24(16(18)4)13-17-9-7-14(2)8-10-17/h7-10,19H,5-6,11-13H2,1-4H3,(H,22,25)(H,26,27).